The van der Waals surface area contributed by atoms with Gasteiger partial charge in [0.1, 0.15) is 28.2 Å². The van der Waals surface area contributed by atoms with Gasteiger partial charge in [-0.05, 0) is 133 Å². The number of benzene rings is 7. The third-order valence-electron chi connectivity index (χ3n) is 13.9. The highest BCUT2D eigenvalue weighted by atomic mass is 14.9. The van der Waals surface area contributed by atoms with E-state index in [4.69, 9.17) is 0 Å². The summed E-state index contributed by atoms with van der Waals surface area (Å²) < 4.78 is 8.82. The van der Waals surface area contributed by atoms with E-state index in [1.165, 1.54) is 111 Å². The smallest absolute Gasteiger partial charge is 0.201 e. The molecule has 1 aliphatic carbocycles. The second-order valence-corrected chi connectivity index (χ2v) is 18.7. The van der Waals surface area contributed by atoms with Crippen molar-refractivity contribution in [2.24, 2.45) is 28.2 Å². The molecule has 4 heteroatoms. The van der Waals surface area contributed by atoms with Crippen LogP contribution in [0.4, 0.5) is 0 Å². The lowest BCUT2D eigenvalue weighted by Gasteiger charge is -2.10. The Labute approximate surface area is 530 Å². The van der Waals surface area contributed by atoms with Crippen molar-refractivity contribution in [3.8, 4) is 56.2 Å². The van der Waals surface area contributed by atoms with Crippen molar-refractivity contribution >= 4 is 21.7 Å². The van der Waals surface area contributed by atoms with Crippen LogP contribution in [0.2, 0.25) is 0 Å². The van der Waals surface area contributed by atoms with Crippen LogP contribution >= 0.6 is 0 Å². The van der Waals surface area contributed by atoms with E-state index in [2.05, 4.69) is 299 Å². The molecule has 0 N–H and O–H groups in total. The number of aromatic nitrogens is 4. The molecule has 1 aliphatic rings. The molecule has 0 atom stereocenters. The fourth-order valence-corrected chi connectivity index (χ4v) is 10.1. The maximum atomic E-state index is 2.28. The molecule has 0 spiro atoms. The van der Waals surface area contributed by atoms with Gasteiger partial charge in [0.25, 0.3) is 0 Å². The van der Waals surface area contributed by atoms with Gasteiger partial charge in [0.2, 0.25) is 28.3 Å². The Morgan fingerprint density at radius 2 is 0.701 bits per heavy atom. The van der Waals surface area contributed by atoms with Crippen LogP contribution in [0.3, 0.4) is 0 Å². The maximum absolute atomic E-state index is 2.28. The zero-order valence-corrected chi connectivity index (χ0v) is 58.4. The molecule has 12 rings (SSSR count). The number of para-hydroxylation sites is 1. The summed E-state index contributed by atoms with van der Waals surface area (Å²) in [5.74, 6) is 0. The quantitative estimate of drug-likeness (QED) is 0.156. The van der Waals surface area contributed by atoms with Gasteiger partial charge in [-0.25, -0.2) is 13.7 Å². The van der Waals surface area contributed by atoms with Crippen molar-refractivity contribution in [1.29, 1.82) is 0 Å². The monoisotopic (exact) mass is 1160 g/mol. The van der Waals surface area contributed by atoms with Gasteiger partial charge >= 0.3 is 0 Å². The first-order valence-corrected chi connectivity index (χ1v) is 32.6. The minimum Gasteiger partial charge on any atom is -0.201 e. The standard InChI is InChI=1S/C20H18N.2C17H16N.C13H14N.8C2H6/c1-14-10-11-17-16-8-4-3-7-15(16)13-18(17)20(14)19-9-5-6-12-21(19)2;1-13-7-3-5-9-15(13)17-16-10-6-4-8-14(16)11-12-18(17)2;1-13-7-3-5-9-15(13)17-12-11-14-8-4-6-10-16(14)18(17)2;1-11-7-3-4-8-12(11)13-9-5-6-10-14(13)2;8*1-2/h3-12H,13H2,1-2H3;2*3-12H,1-2H3;3-10H,1-2H3;8*1-2H3/q4*+1;;;;;;;;. The molecule has 7 aromatic carbocycles. The van der Waals surface area contributed by atoms with Crippen LogP contribution in [0.1, 0.15) is 144 Å². The van der Waals surface area contributed by atoms with Crippen LogP contribution in [0.5, 0.6) is 0 Å². The first-order valence-electron chi connectivity index (χ1n) is 32.6. The summed E-state index contributed by atoms with van der Waals surface area (Å²) in [6.07, 6.45) is 7.36. The van der Waals surface area contributed by atoms with Crippen LogP contribution in [-0.2, 0) is 34.6 Å². The zero-order valence-electron chi connectivity index (χ0n) is 58.4. The Kier molecular flexibility index (Phi) is 38.2. The van der Waals surface area contributed by atoms with Crippen molar-refractivity contribution in [2.75, 3.05) is 0 Å². The first-order chi connectivity index (χ1) is 42.6. The van der Waals surface area contributed by atoms with Gasteiger partial charge in [-0.1, -0.05) is 232 Å². The second-order valence-electron chi connectivity index (χ2n) is 18.7. The fraction of sp³-hybridized carbons (Fsp3) is 0.301. The molecule has 87 heavy (non-hydrogen) atoms. The Morgan fingerprint density at radius 1 is 0.276 bits per heavy atom. The molecule has 4 heterocycles. The van der Waals surface area contributed by atoms with Gasteiger partial charge in [0, 0.05) is 64.5 Å². The average Bonchev–Trinajstić information content (AvgIpc) is 1.94. The van der Waals surface area contributed by atoms with E-state index in [0.717, 1.165) is 6.42 Å². The molecule has 0 bridgehead atoms. The Hall–Kier alpha value is -8.34. The summed E-state index contributed by atoms with van der Waals surface area (Å²) in [5.41, 5.74) is 22.6. The van der Waals surface area contributed by atoms with Crippen LogP contribution in [0.15, 0.2) is 231 Å². The van der Waals surface area contributed by atoms with Gasteiger partial charge in [-0.3, -0.25) is 0 Å². The number of hydrogen-bond acceptors (Lipinski definition) is 0. The van der Waals surface area contributed by atoms with Crippen LogP contribution in [-0.4, -0.2) is 0 Å². The molecular weight excluding hydrogens is 1050 g/mol. The van der Waals surface area contributed by atoms with E-state index >= 15 is 0 Å². The third kappa shape index (κ3) is 20.7. The van der Waals surface area contributed by atoms with Gasteiger partial charge in [-0.15, -0.1) is 0 Å². The summed E-state index contributed by atoms with van der Waals surface area (Å²) >= 11 is 0. The van der Waals surface area contributed by atoms with Crippen molar-refractivity contribution in [3.05, 3.63) is 264 Å². The van der Waals surface area contributed by atoms with E-state index in [-0.39, 0.29) is 0 Å². The summed E-state index contributed by atoms with van der Waals surface area (Å²) in [5, 5.41) is 3.86. The number of fused-ring (bicyclic) bond motifs is 5. The van der Waals surface area contributed by atoms with Crippen LogP contribution in [0, 0.1) is 27.7 Å². The van der Waals surface area contributed by atoms with E-state index in [0.29, 0.717) is 0 Å². The molecule has 0 aliphatic heterocycles. The largest absolute Gasteiger partial charge is 0.220 e. The highest BCUT2D eigenvalue weighted by Crippen LogP contribution is 2.42. The summed E-state index contributed by atoms with van der Waals surface area (Å²) in [7, 11) is 8.43. The average molecular weight is 1170 g/mol. The molecule has 4 aromatic heterocycles. The summed E-state index contributed by atoms with van der Waals surface area (Å²) in [6, 6.07) is 75.1. The molecule has 460 valence electrons. The van der Waals surface area contributed by atoms with Crippen molar-refractivity contribution in [2.45, 2.75) is 145 Å². The molecule has 11 aromatic rings. The predicted octanol–water partition coefficient (Wildman–Crippen LogP) is 22.0. The molecule has 0 saturated heterocycles. The molecule has 0 saturated carbocycles. The maximum Gasteiger partial charge on any atom is 0.220 e. The molecular formula is C83H112N4+4. The highest BCUT2D eigenvalue weighted by Gasteiger charge is 2.26. The first kappa shape index (κ1) is 76.7. The van der Waals surface area contributed by atoms with Crippen LogP contribution in [0.25, 0.3) is 77.8 Å². The van der Waals surface area contributed by atoms with Gasteiger partial charge in [-0.2, -0.15) is 4.57 Å². The van der Waals surface area contributed by atoms with Gasteiger partial charge < -0.3 is 0 Å². The van der Waals surface area contributed by atoms with E-state index in [9.17, 15) is 0 Å². The number of aryl methyl sites for hydroxylation is 8. The van der Waals surface area contributed by atoms with Gasteiger partial charge in [0.15, 0.2) is 18.6 Å². The number of nitrogens with zero attached hydrogens (tertiary/aromatic N) is 4. The number of pyridine rings is 4. The predicted molar refractivity (Wildman–Crippen MR) is 385 cm³/mol. The lowest BCUT2D eigenvalue weighted by Crippen LogP contribution is -2.32. The number of hydrogen-bond donors (Lipinski definition) is 0. The SMILES string of the molecule is CC.CC.CC.CC.CC.CC.CC.CC.Cc1ccc2c(c1-c1cccc[n+]1C)Cc1ccccc1-2.Cc1ccccc1-c1c2ccccc2cc[n+]1C.Cc1ccccc1-c1ccc2ccccc2[n+]1C.Cc1ccccc1-c1cccc[n+]1C. The van der Waals surface area contributed by atoms with Crippen LogP contribution < -0.4 is 18.3 Å². The van der Waals surface area contributed by atoms with E-state index < -0.39 is 0 Å². The molecule has 0 amide bonds. The summed E-state index contributed by atoms with van der Waals surface area (Å²) in [6.45, 7) is 40.7. The van der Waals surface area contributed by atoms with Crippen molar-refractivity contribution in [3.63, 3.8) is 0 Å². The third-order valence-corrected chi connectivity index (χ3v) is 13.9. The molecule has 0 fully saturated rings. The summed E-state index contributed by atoms with van der Waals surface area (Å²) in [4.78, 5) is 0. The Balaban J connectivity index is 0.000000541. The fourth-order valence-electron chi connectivity index (χ4n) is 10.1. The molecule has 0 unspecified atom stereocenters. The number of rotatable bonds is 4. The van der Waals surface area contributed by atoms with E-state index in [1.54, 1.807) is 0 Å². The zero-order chi connectivity index (χ0) is 65.4. The lowest BCUT2D eigenvalue weighted by atomic mass is 9.94. The Morgan fingerprint density at radius 3 is 1.23 bits per heavy atom. The molecule has 0 radical (unpaired) electrons. The van der Waals surface area contributed by atoms with Gasteiger partial charge in [0.05, 0.1) is 10.9 Å². The van der Waals surface area contributed by atoms with E-state index in [1.807, 2.05) is 117 Å². The Bertz CT molecular complexity index is 3640. The van der Waals surface area contributed by atoms with Crippen molar-refractivity contribution < 1.29 is 18.3 Å². The minimum absolute atomic E-state index is 1.04. The molecule has 4 nitrogen and oxygen atoms in total. The normalized spacial score (nSPS) is 9.56. The highest BCUT2D eigenvalue weighted by molar-refractivity contribution is 5.93. The lowest BCUT2D eigenvalue weighted by molar-refractivity contribution is -0.660. The second kappa shape index (κ2) is 43.3. The minimum atomic E-state index is 1.04. The topological polar surface area (TPSA) is 15.5 Å². The van der Waals surface area contributed by atoms with Crippen molar-refractivity contribution in [1.82, 2.24) is 0 Å².